The van der Waals surface area contributed by atoms with Crippen molar-refractivity contribution in [1.82, 2.24) is 4.72 Å². The first-order valence-corrected chi connectivity index (χ1v) is 6.42. The molecule has 0 bridgehead atoms. The van der Waals surface area contributed by atoms with Gasteiger partial charge in [0.2, 0.25) is 10.0 Å². The van der Waals surface area contributed by atoms with Crippen LogP contribution in [0.4, 0.5) is 5.69 Å². The van der Waals surface area contributed by atoms with Gasteiger partial charge >= 0.3 is 0 Å². The summed E-state index contributed by atoms with van der Waals surface area (Å²) >= 11 is 5.77. The van der Waals surface area contributed by atoms with Crippen LogP contribution in [0, 0.1) is 0 Å². The molecule has 0 aromatic heterocycles. The van der Waals surface area contributed by atoms with E-state index in [9.17, 15) is 8.42 Å². The average Bonchev–Trinajstić information content (AvgIpc) is 2.14. The summed E-state index contributed by atoms with van der Waals surface area (Å²) < 4.78 is 25.7. The predicted octanol–water partition coefficient (Wildman–Crippen LogP) is 0.581. The summed E-state index contributed by atoms with van der Waals surface area (Å²) in [6, 6.07) is 4.13. The Balaban J connectivity index is 2.99. The lowest BCUT2D eigenvalue weighted by Gasteiger charge is -2.09. The molecule has 1 atom stereocenters. The van der Waals surface area contributed by atoms with Gasteiger partial charge in [0.25, 0.3) is 0 Å². The summed E-state index contributed by atoms with van der Waals surface area (Å²) in [5, 5.41) is 9.05. The summed E-state index contributed by atoms with van der Waals surface area (Å²) in [4.78, 5) is -0.0518. The lowest BCUT2D eigenvalue weighted by atomic mass is 10.3. The van der Waals surface area contributed by atoms with Crippen molar-refractivity contribution in [3.05, 3.63) is 23.2 Å². The molecule has 0 aliphatic heterocycles. The first-order chi connectivity index (χ1) is 7.33. The van der Waals surface area contributed by atoms with Crippen molar-refractivity contribution < 1.29 is 13.5 Å². The molecule has 4 N–H and O–H groups in total. The molecule has 1 rings (SSSR count). The highest BCUT2D eigenvalue weighted by atomic mass is 35.5. The molecular weight excluding hydrogens is 252 g/mol. The molecule has 1 aromatic rings. The van der Waals surface area contributed by atoms with Gasteiger partial charge in [-0.3, -0.25) is 0 Å². The Morgan fingerprint density at radius 2 is 2.19 bits per heavy atom. The first-order valence-electron chi connectivity index (χ1n) is 4.55. The minimum Gasteiger partial charge on any atom is -0.399 e. The number of aliphatic hydroxyl groups excluding tert-OH is 1. The fourth-order valence-electron chi connectivity index (χ4n) is 1.04. The highest BCUT2D eigenvalue weighted by Gasteiger charge is 2.17. The zero-order chi connectivity index (χ0) is 12.3. The molecule has 0 saturated heterocycles. The number of nitrogens with one attached hydrogen (secondary N) is 1. The van der Waals surface area contributed by atoms with Crippen LogP contribution in [-0.4, -0.2) is 26.2 Å². The van der Waals surface area contributed by atoms with Crippen molar-refractivity contribution in [2.45, 2.75) is 17.9 Å². The van der Waals surface area contributed by atoms with Crippen LogP contribution in [0.5, 0.6) is 0 Å². The van der Waals surface area contributed by atoms with Gasteiger partial charge in [0.15, 0.2) is 0 Å². The van der Waals surface area contributed by atoms with Crippen LogP contribution in [-0.2, 0) is 10.0 Å². The number of hydrogen-bond acceptors (Lipinski definition) is 4. The van der Waals surface area contributed by atoms with E-state index in [1.165, 1.54) is 25.1 Å². The number of rotatable bonds is 4. The number of aliphatic hydroxyl groups is 1. The zero-order valence-electron chi connectivity index (χ0n) is 8.64. The van der Waals surface area contributed by atoms with Crippen molar-refractivity contribution in [1.29, 1.82) is 0 Å². The van der Waals surface area contributed by atoms with E-state index < -0.39 is 16.1 Å². The summed E-state index contributed by atoms with van der Waals surface area (Å²) in [6.45, 7) is 1.41. The molecule has 0 saturated carbocycles. The van der Waals surface area contributed by atoms with Crippen LogP contribution in [0.25, 0.3) is 0 Å². The minimum absolute atomic E-state index is 0.0518. The zero-order valence-corrected chi connectivity index (χ0v) is 10.2. The van der Waals surface area contributed by atoms with Gasteiger partial charge in [-0.05, 0) is 25.1 Å². The van der Waals surface area contributed by atoms with Crippen molar-refractivity contribution in [2.75, 3.05) is 12.3 Å². The highest BCUT2D eigenvalue weighted by molar-refractivity contribution is 7.89. The van der Waals surface area contributed by atoms with Crippen LogP contribution >= 0.6 is 11.6 Å². The normalized spacial score (nSPS) is 13.7. The number of anilines is 1. The van der Waals surface area contributed by atoms with Gasteiger partial charge in [-0.2, -0.15) is 0 Å². The van der Waals surface area contributed by atoms with Gasteiger partial charge in [-0.15, -0.1) is 0 Å². The molecule has 0 fully saturated rings. The standard InChI is InChI=1S/C9H13ClN2O3S/c1-6(13)5-12-16(14,15)9-3-2-7(11)4-8(9)10/h2-4,6,12-13H,5,11H2,1H3/t6-/m0/s1. The van der Waals surface area contributed by atoms with Crippen molar-refractivity contribution in [3.8, 4) is 0 Å². The third kappa shape index (κ3) is 3.34. The molecule has 0 heterocycles. The number of sulfonamides is 1. The van der Waals surface area contributed by atoms with Crippen LogP contribution in [0.1, 0.15) is 6.92 Å². The second-order valence-corrected chi connectivity index (χ2v) is 5.53. The predicted molar refractivity (Wildman–Crippen MR) is 62.7 cm³/mol. The van der Waals surface area contributed by atoms with Gasteiger partial charge in [0.05, 0.1) is 11.1 Å². The molecule has 0 unspecified atom stereocenters. The number of halogens is 1. The van der Waals surface area contributed by atoms with Gasteiger partial charge in [0.1, 0.15) is 4.90 Å². The van der Waals surface area contributed by atoms with Crippen LogP contribution in [0.3, 0.4) is 0 Å². The van der Waals surface area contributed by atoms with E-state index in [4.69, 9.17) is 22.4 Å². The maximum Gasteiger partial charge on any atom is 0.242 e. The lowest BCUT2D eigenvalue weighted by molar-refractivity contribution is 0.198. The molecule has 90 valence electrons. The Labute approximate surface area is 99.3 Å². The number of hydrogen-bond donors (Lipinski definition) is 3. The summed E-state index contributed by atoms with van der Waals surface area (Å²) in [6.07, 6.45) is -0.762. The maximum absolute atomic E-state index is 11.7. The third-order valence-electron chi connectivity index (χ3n) is 1.81. The number of nitrogens with two attached hydrogens (primary N) is 1. The monoisotopic (exact) mass is 264 g/mol. The minimum atomic E-state index is -3.70. The van der Waals surface area contributed by atoms with E-state index in [1.54, 1.807) is 0 Å². The molecule has 0 spiro atoms. The Kier molecular flexibility index (Phi) is 4.15. The number of nitrogen functional groups attached to an aromatic ring is 1. The van der Waals surface area contributed by atoms with Crippen LogP contribution in [0.2, 0.25) is 5.02 Å². The largest absolute Gasteiger partial charge is 0.399 e. The Morgan fingerprint density at radius 1 is 1.56 bits per heavy atom. The fraction of sp³-hybridized carbons (Fsp3) is 0.333. The smallest absolute Gasteiger partial charge is 0.242 e. The number of benzene rings is 1. The van der Waals surface area contributed by atoms with Crippen molar-refractivity contribution >= 4 is 27.3 Å². The maximum atomic E-state index is 11.7. The van der Waals surface area contributed by atoms with Gasteiger partial charge in [-0.25, -0.2) is 13.1 Å². The van der Waals surface area contributed by atoms with Crippen molar-refractivity contribution in [3.63, 3.8) is 0 Å². The summed E-state index contributed by atoms with van der Waals surface area (Å²) in [5.41, 5.74) is 5.84. The Hall–Kier alpha value is -0.820. The summed E-state index contributed by atoms with van der Waals surface area (Å²) in [5.74, 6) is 0. The molecule has 1 aromatic carbocycles. The molecule has 0 aliphatic carbocycles. The van der Waals surface area contributed by atoms with Gasteiger partial charge in [0, 0.05) is 12.2 Å². The Morgan fingerprint density at radius 3 is 2.69 bits per heavy atom. The van der Waals surface area contributed by atoms with E-state index in [0.717, 1.165) is 0 Å². The molecule has 16 heavy (non-hydrogen) atoms. The molecular formula is C9H13ClN2O3S. The van der Waals surface area contributed by atoms with Gasteiger partial charge in [-0.1, -0.05) is 11.6 Å². The summed E-state index contributed by atoms with van der Waals surface area (Å²) in [7, 11) is -3.70. The second kappa shape index (κ2) is 5.01. The van der Waals surface area contributed by atoms with E-state index in [2.05, 4.69) is 4.72 Å². The molecule has 0 radical (unpaired) electrons. The van der Waals surface area contributed by atoms with Crippen molar-refractivity contribution in [2.24, 2.45) is 0 Å². The quantitative estimate of drug-likeness (QED) is 0.694. The van der Waals surface area contributed by atoms with Crippen LogP contribution < -0.4 is 10.5 Å². The van der Waals surface area contributed by atoms with E-state index in [-0.39, 0.29) is 16.5 Å². The molecule has 5 nitrogen and oxygen atoms in total. The van der Waals surface area contributed by atoms with E-state index in [1.807, 2.05) is 0 Å². The Bertz CT molecular complexity index is 474. The first kappa shape index (κ1) is 13.2. The van der Waals surface area contributed by atoms with Gasteiger partial charge < -0.3 is 10.8 Å². The third-order valence-corrected chi connectivity index (χ3v) is 3.72. The van der Waals surface area contributed by atoms with E-state index >= 15 is 0 Å². The highest BCUT2D eigenvalue weighted by Crippen LogP contribution is 2.23. The molecule has 7 heteroatoms. The molecule has 0 amide bonds. The van der Waals surface area contributed by atoms with E-state index in [0.29, 0.717) is 5.69 Å². The fourth-order valence-corrected chi connectivity index (χ4v) is 2.72. The second-order valence-electron chi connectivity index (χ2n) is 3.39. The lowest BCUT2D eigenvalue weighted by Crippen LogP contribution is -2.30. The topological polar surface area (TPSA) is 92.4 Å². The van der Waals surface area contributed by atoms with Crippen LogP contribution in [0.15, 0.2) is 23.1 Å². The molecule has 0 aliphatic rings. The SMILES string of the molecule is C[C@H](O)CNS(=O)(=O)c1ccc(N)cc1Cl. The average molecular weight is 265 g/mol.